The number of nitrogens with zero attached hydrogens (tertiary/aromatic N) is 4. The number of carbonyl (C=O) groups is 1. The Labute approximate surface area is 147 Å². The Hall–Kier alpha value is -3.81. The lowest BCUT2D eigenvalue weighted by Crippen LogP contribution is -2.08. The Morgan fingerprint density at radius 2 is 1.65 bits per heavy atom. The third-order valence-electron chi connectivity index (χ3n) is 3.61. The average Bonchev–Trinajstić information content (AvgIpc) is 3.37. The SMILES string of the molecule is O=C(OCc1noc(-c2ccccc2)n1)c1n[nH]nc1-c1ccccc1. The first-order valence-corrected chi connectivity index (χ1v) is 7.82. The van der Waals surface area contributed by atoms with Gasteiger partial charge in [-0.1, -0.05) is 53.7 Å². The van der Waals surface area contributed by atoms with Crippen LogP contribution in [-0.2, 0) is 11.3 Å². The van der Waals surface area contributed by atoms with Crippen molar-refractivity contribution >= 4 is 5.97 Å². The predicted octanol–water partition coefficient (Wildman–Crippen LogP) is 2.88. The molecule has 0 aliphatic heterocycles. The highest BCUT2D eigenvalue weighted by atomic mass is 16.5. The van der Waals surface area contributed by atoms with Gasteiger partial charge in [-0.15, -0.1) is 5.10 Å². The maximum Gasteiger partial charge on any atom is 0.361 e. The summed E-state index contributed by atoms with van der Waals surface area (Å²) in [5.74, 6) is 0.00804. The molecule has 2 aromatic heterocycles. The minimum absolute atomic E-state index is 0.1000. The summed E-state index contributed by atoms with van der Waals surface area (Å²) in [6.45, 7) is -0.129. The van der Waals surface area contributed by atoms with E-state index in [1.54, 1.807) is 0 Å². The number of benzene rings is 2. The number of rotatable bonds is 5. The molecule has 4 aromatic rings. The van der Waals surface area contributed by atoms with Gasteiger partial charge in [-0.2, -0.15) is 15.3 Å². The smallest absolute Gasteiger partial charge is 0.361 e. The molecule has 0 saturated carbocycles. The molecule has 0 saturated heterocycles. The fourth-order valence-electron chi connectivity index (χ4n) is 2.38. The summed E-state index contributed by atoms with van der Waals surface area (Å²) in [7, 11) is 0. The zero-order valence-corrected chi connectivity index (χ0v) is 13.5. The van der Waals surface area contributed by atoms with Gasteiger partial charge in [0.25, 0.3) is 5.89 Å². The first kappa shape index (κ1) is 15.7. The van der Waals surface area contributed by atoms with E-state index in [0.717, 1.165) is 11.1 Å². The molecule has 0 unspecified atom stereocenters. The molecule has 0 aliphatic carbocycles. The van der Waals surface area contributed by atoms with E-state index >= 15 is 0 Å². The minimum atomic E-state index is -0.622. The van der Waals surface area contributed by atoms with Crippen molar-refractivity contribution in [3.63, 3.8) is 0 Å². The summed E-state index contributed by atoms with van der Waals surface area (Å²) >= 11 is 0. The molecule has 128 valence electrons. The largest absolute Gasteiger partial charge is 0.452 e. The standard InChI is InChI=1S/C18H13N5O3/c24-18(16-15(20-23-21-16)12-7-3-1-4-8-12)25-11-14-19-17(26-22-14)13-9-5-2-6-10-13/h1-10H,11H2,(H,20,21,23). The second-order valence-electron chi connectivity index (χ2n) is 5.34. The highest BCUT2D eigenvalue weighted by molar-refractivity contribution is 5.93. The molecule has 0 amide bonds. The third kappa shape index (κ3) is 3.20. The van der Waals surface area contributed by atoms with Gasteiger partial charge in [0.15, 0.2) is 12.3 Å². The van der Waals surface area contributed by atoms with E-state index in [-0.39, 0.29) is 18.1 Å². The van der Waals surface area contributed by atoms with Crippen molar-refractivity contribution in [2.75, 3.05) is 0 Å². The van der Waals surface area contributed by atoms with Gasteiger partial charge >= 0.3 is 5.97 Å². The van der Waals surface area contributed by atoms with Crippen LogP contribution in [0.25, 0.3) is 22.7 Å². The molecule has 8 heteroatoms. The maximum atomic E-state index is 12.3. The Morgan fingerprint density at radius 1 is 0.962 bits per heavy atom. The van der Waals surface area contributed by atoms with Gasteiger partial charge < -0.3 is 9.26 Å². The lowest BCUT2D eigenvalue weighted by Gasteiger charge is -2.01. The number of esters is 1. The predicted molar refractivity (Wildman–Crippen MR) is 90.7 cm³/mol. The second-order valence-corrected chi connectivity index (χ2v) is 5.34. The normalized spacial score (nSPS) is 10.6. The van der Waals surface area contributed by atoms with Crippen LogP contribution in [0.15, 0.2) is 65.2 Å². The Bertz CT molecular complexity index is 1010. The molecule has 1 N–H and O–H groups in total. The van der Waals surface area contributed by atoms with Crippen molar-refractivity contribution in [1.29, 1.82) is 0 Å². The molecule has 2 heterocycles. The summed E-state index contributed by atoms with van der Waals surface area (Å²) < 4.78 is 10.4. The number of ether oxygens (including phenoxy) is 1. The zero-order chi connectivity index (χ0) is 17.8. The van der Waals surface area contributed by atoms with Crippen LogP contribution in [0, 0.1) is 0 Å². The topological polar surface area (TPSA) is 107 Å². The molecule has 0 aliphatic rings. The maximum absolute atomic E-state index is 12.3. The number of nitrogens with one attached hydrogen (secondary N) is 1. The summed E-state index contributed by atoms with van der Waals surface area (Å²) in [6, 6.07) is 18.6. The van der Waals surface area contributed by atoms with Crippen LogP contribution in [0.5, 0.6) is 0 Å². The summed E-state index contributed by atoms with van der Waals surface area (Å²) in [5.41, 5.74) is 2.08. The minimum Gasteiger partial charge on any atom is -0.452 e. The molecular formula is C18H13N5O3. The number of carbonyl (C=O) groups excluding carboxylic acids is 1. The van der Waals surface area contributed by atoms with Crippen LogP contribution in [0.4, 0.5) is 0 Å². The van der Waals surface area contributed by atoms with Gasteiger partial charge in [0.05, 0.1) is 0 Å². The van der Waals surface area contributed by atoms with Crippen LogP contribution < -0.4 is 0 Å². The molecule has 4 rings (SSSR count). The molecule has 26 heavy (non-hydrogen) atoms. The number of H-pyrrole nitrogens is 1. The van der Waals surface area contributed by atoms with Crippen molar-refractivity contribution in [3.05, 3.63) is 72.2 Å². The number of aromatic amines is 1. The number of hydrogen-bond donors (Lipinski definition) is 1. The highest BCUT2D eigenvalue weighted by Gasteiger charge is 2.20. The molecule has 0 spiro atoms. The second kappa shape index (κ2) is 6.98. The quantitative estimate of drug-likeness (QED) is 0.553. The molecule has 0 bridgehead atoms. The Balaban J connectivity index is 1.46. The monoisotopic (exact) mass is 347 g/mol. The van der Waals surface area contributed by atoms with Gasteiger partial charge in [-0.25, -0.2) is 4.79 Å². The van der Waals surface area contributed by atoms with Gasteiger partial charge in [-0.05, 0) is 12.1 Å². The highest BCUT2D eigenvalue weighted by Crippen LogP contribution is 2.20. The van der Waals surface area contributed by atoms with Crippen molar-refractivity contribution in [1.82, 2.24) is 25.6 Å². The fraction of sp³-hybridized carbons (Fsp3) is 0.0556. The molecule has 0 fully saturated rings. The van der Waals surface area contributed by atoms with E-state index in [4.69, 9.17) is 9.26 Å². The van der Waals surface area contributed by atoms with E-state index in [9.17, 15) is 4.79 Å². The number of aromatic nitrogens is 5. The van der Waals surface area contributed by atoms with Crippen LogP contribution in [-0.4, -0.2) is 31.5 Å². The number of hydrogen-bond acceptors (Lipinski definition) is 7. The summed E-state index contributed by atoms with van der Waals surface area (Å²) in [6.07, 6.45) is 0. The first-order chi connectivity index (χ1) is 12.8. The van der Waals surface area contributed by atoms with Crippen LogP contribution in [0.3, 0.4) is 0 Å². The van der Waals surface area contributed by atoms with Crippen molar-refractivity contribution in [3.8, 4) is 22.7 Å². The fourth-order valence-corrected chi connectivity index (χ4v) is 2.38. The first-order valence-electron chi connectivity index (χ1n) is 7.82. The van der Waals surface area contributed by atoms with Gasteiger partial charge in [-0.3, -0.25) is 0 Å². The molecular weight excluding hydrogens is 334 g/mol. The molecule has 8 nitrogen and oxygen atoms in total. The van der Waals surface area contributed by atoms with Crippen molar-refractivity contribution < 1.29 is 14.1 Å². The van der Waals surface area contributed by atoms with E-state index in [1.165, 1.54) is 0 Å². The zero-order valence-electron chi connectivity index (χ0n) is 13.5. The average molecular weight is 347 g/mol. The Kier molecular flexibility index (Phi) is 4.21. The molecule has 0 radical (unpaired) electrons. The lowest BCUT2D eigenvalue weighted by molar-refractivity contribution is 0.0453. The van der Waals surface area contributed by atoms with Gasteiger partial charge in [0.2, 0.25) is 5.82 Å². The van der Waals surface area contributed by atoms with E-state index < -0.39 is 5.97 Å². The van der Waals surface area contributed by atoms with Crippen molar-refractivity contribution in [2.45, 2.75) is 6.61 Å². The van der Waals surface area contributed by atoms with Crippen LogP contribution in [0.2, 0.25) is 0 Å². The van der Waals surface area contributed by atoms with Gasteiger partial charge in [0.1, 0.15) is 5.69 Å². The summed E-state index contributed by atoms with van der Waals surface area (Å²) in [5, 5.41) is 14.2. The van der Waals surface area contributed by atoms with Crippen molar-refractivity contribution in [2.24, 2.45) is 0 Å². The Morgan fingerprint density at radius 3 is 2.38 bits per heavy atom. The van der Waals surface area contributed by atoms with Gasteiger partial charge in [0, 0.05) is 11.1 Å². The van der Waals surface area contributed by atoms with Crippen LogP contribution >= 0.6 is 0 Å². The molecule has 2 aromatic carbocycles. The molecule has 0 atom stereocenters. The van der Waals surface area contributed by atoms with E-state index in [2.05, 4.69) is 25.6 Å². The van der Waals surface area contributed by atoms with E-state index in [1.807, 2.05) is 60.7 Å². The summed E-state index contributed by atoms with van der Waals surface area (Å²) in [4.78, 5) is 16.5. The lowest BCUT2D eigenvalue weighted by atomic mass is 10.1. The third-order valence-corrected chi connectivity index (χ3v) is 3.61. The van der Waals surface area contributed by atoms with E-state index in [0.29, 0.717) is 11.6 Å². The van der Waals surface area contributed by atoms with Crippen LogP contribution in [0.1, 0.15) is 16.3 Å².